The van der Waals surface area contributed by atoms with Crippen LogP contribution >= 0.6 is 0 Å². The number of allylic oxidation sites excluding steroid dienone is 1. The van der Waals surface area contributed by atoms with Crippen molar-refractivity contribution in [2.75, 3.05) is 6.54 Å². The van der Waals surface area contributed by atoms with Crippen LogP contribution in [0.1, 0.15) is 45.8 Å². The number of benzene rings is 2. The van der Waals surface area contributed by atoms with Gasteiger partial charge in [0.05, 0.1) is 5.56 Å². The molecule has 0 fully saturated rings. The van der Waals surface area contributed by atoms with E-state index in [9.17, 15) is 62.3 Å². The van der Waals surface area contributed by atoms with E-state index >= 15 is 0 Å². The predicted octanol–water partition coefficient (Wildman–Crippen LogP) is 7.28. The number of hydrogen-bond acceptors (Lipinski definition) is 2. The van der Waals surface area contributed by atoms with Crippen molar-refractivity contribution in [3.05, 3.63) is 76.4 Å². The van der Waals surface area contributed by atoms with Gasteiger partial charge >= 0.3 is 18.5 Å². The first-order valence-electron chi connectivity index (χ1n) is 10.3. The number of hydrogen-bond donors (Lipinski definition) is 1. The average Bonchev–Trinajstić information content (AvgIpc) is 2.79. The molecule has 0 radical (unpaired) electrons. The van der Waals surface area contributed by atoms with Gasteiger partial charge in [0, 0.05) is 24.0 Å². The second-order valence-corrected chi connectivity index (χ2v) is 7.78. The van der Waals surface area contributed by atoms with Gasteiger partial charge in [-0.15, -0.1) is 0 Å². The van der Waals surface area contributed by atoms with Gasteiger partial charge in [0.25, 0.3) is 0 Å². The molecule has 1 unspecified atom stereocenters. The molecule has 1 amide bonds. The van der Waals surface area contributed by atoms with Crippen molar-refractivity contribution in [3.8, 4) is 0 Å². The maximum Gasteiger partial charge on any atom is 0.417 e. The molecule has 2 rings (SSSR count). The molecule has 1 N–H and O–H groups in total. The van der Waals surface area contributed by atoms with Crippen LogP contribution in [-0.4, -0.2) is 30.6 Å². The van der Waals surface area contributed by atoms with Gasteiger partial charge in [0.1, 0.15) is 18.3 Å². The highest BCUT2D eigenvalue weighted by atomic mass is 19.4. The molecule has 0 bridgehead atoms. The molecule has 208 valence electrons. The van der Waals surface area contributed by atoms with E-state index in [1.807, 2.05) is 0 Å². The second-order valence-electron chi connectivity index (χ2n) is 7.78. The van der Waals surface area contributed by atoms with Gasteiger partial charge in [-0.2, -0.15) is 39.5 Å². The smallest absolute Gasteiger partial charge is 0.347 e. The Hall–Kier alpha value is -3.52. The van der Waals surface area contributed by atoms with Crippen LogP contribution in [0.5, 0.6) is 0 Å². The van der Waals surface area contributed by atoms with E-state index in [-0.39, 0.29) is 18.2 Å². The highest BCUT2D eigenvalue weighted by molar-refractivity contribution is 5.99. The van der Waals surface area contributed by atoms with Crippen LogP contribution in [-0.2, 0) is 11.0 Å². The van der Waals surface area contributed by atoms with Crippen LogP contribution in [0, 0.1) is 11.6 Å². The van der Waals surface area contributed by atoms with E-state index in [1.165, 1.54) is 5.32 Å². The third kappa shape index (κ3) is 8.52. The van der Waals surface area contributed by atoms with Crippen LogP contribution in [0.4, 0.5) is 52.7 Å². The van der Waals surface area contributed by atoms with Crippen molar-refractivity contribution >= 4 is 17.5 Å². The first-order valence-corrected chi connectivity index (χ1v) is 10.3. The molecule has 3 nitrogen and oxygen atoms in total. The van der Waals surface area contributed by atoms with E-state index in [0.717, 1.165) is 0 Å². The van der Waals surface area contributed by atoms with E-state index in [2.05, 4.69) is 0 Å². The predicted molar refractivity (Wildman–Crippen MR) is 108 cm³/mol. The Morgan fingerprint density at radius 2 is 1.47 bits per heavy atom. The molecule has 0 aromatic heterocycles. The van der Waals surface area contributed by atoms with Gasteiger partial charge in [0.2, 0.25) is 5.91 Å². The molecule has 38 heavy (non-hydrogen) atoms. The van der Waals surface area contributed by atoms with E-state index < -0.39 is 95.2 Å². The Balaban J connectivity index is 2.38. The zero-order valence-corrected chi connectivity index (χ0v) is 18.6. The molecule has 1 atom stereocenters. The minimum atomic E-state index is -5.33. The number of halogens is 12. The number of carbonyl (C=O) groups is 2. The first kappa shape index (κ1) is 30.7. The molecule has 0 aliphatic carbocycles. The molecule has 0 saturated heterocycles. The fourth-order valence-electron chi connectivity index (χ4n) is 3.15. The molecule has 0 heterocycles. The summed E-state index contributed by atoms with van der Waals surface area (Å²) in [6.45, 7) is -1.74. The van der Waals surface area contributed by atoms with E-state index in [1.54, 1.807) is 0 Å². The summed E-state index contributed by atoms with van der Waals surface area (Å²) < 4.78 is 159. The zero-order valence-electron chi connectivity index (χ0n) is 18.6. The Morgan fingerprint density at radius 3 is 2.00 bits per heavy atom. The minimum absolute atomic E-state index is 0.0292. The van der Waals surface area contributed by atoms with Crippen molar-refractivity contribution in [3.63, 3.8) is 0 Å². The summed E-state index contributed by atoms with van der Waals surface area (Å²) in [5.74, 6) is -10.5. The maximum atomic E-state index is 14.7. The van der Waals surface area contributed by atoms with Gasteiger partial charge in [-0.25, -0.2) is 13.2 Å². The molecular formula is C23H15F12NO2. The SMILES string of the molecule is O=C(CCC(=O)c1ccc(/C(F)=C/C(c2ccc(F)c(F)c2)C(F)(F)F)cc1C(F)(F)F)NCC(F)(F)F. The molecular weight excluding hydrogens is 550 g/mol. The van der Waals surface area contributed by atoms with Gasteiger partial charge in [-0.1, -0.05) is 18.2 Å². The van der Waals surface area contributed by atoms with Crippen LogP contribution in [0.15, 0.2) is 42.5 Å². The maximum absolute atomic E-state index is 14.7. The van der Waals surface area contributed by atoms with Crippen molar-refractivity contribution < 1.29 is 62.3 Å². The number of rotatable bonds is 8. The average molecular weight is 565 g/mol. The van der Waals surface area contributed by atoms with Crippen molar-refractivity contribution in [1.29, 1.82) is 0 Å². The highest BCUT2D eigenvalue weighted by Gasteiger charge is 2.41. The fraction of sp³-hybridized carbons (Fsp3) is 0.304. The lowest BCUT2D eigenvalue weighted by molar-refractivity contribution is -0.140. The van der Waals surface area contributed by atoms with E-state index in [0.29, 0.717) is 24.3 Å². The Kier molecular flexibility index (Phi) is 9.27. The lowest BCUT2D eigenvalue weighted by Crippen LogP contribution is -2.33. The summed E-state index contributed by atoms with van der Waals surface area (Å²) >= 11 is 0. The summed E-state index contributed by atoms with van der Waals surface area (Å²) in [4.78, 5) is 23.6. The molecule has 0 aliphatic rings. The second kappa shape index (κ2) is 11.5. The van der Waals surface area contributed by atoms with Crippen LogP contribution in [0.3, 0.4) is 0 Å². The van der Waals surface area contributed by atoms with Crippen LogP contribution in [0.2, 0.25) is 0 Å². The number of alkyl halides is 9. The number of Topliss-reactive ketones (excluding diaryl/α,β-unsaturated/α-hetero) is 1. The fourth-order valence-corrected chi connectivity index (χ4v) is 3.15. The number of nitrogens with one attached hydrogen (secondary N) is 1. The van der Waals surface area contributed by atoms with E-state index in [4.69, 9.17) is 0 Å². The van der Waals surface area contributed by atoms with Gasteiger partial charge < -0.3 is 5.32 Å². The number of carbonyl (C=O) groups excluding carboxylic acids is 2. The van der Waals surface area contributed by atoms with Crippen LogP contribution in [0.25, 0.3) is 5.83 Å². The summed E-state index contributed by atoms with van der Waals surface area (Å²) in [6.07, 6.45) is -17.4. The number of ketones is 1. The minimum Gasteiger partial charge on any atom is -0.347 e. The Bertz CT molecular complexity index is 1210. The number of amides is 1. The highest BCUT2D eigenvalue weighted by Crippen LogP contribution is 2.40. The summed E-state index contributed by atoms with van der Waals surface area (Å²) in [5, 5.41) is 1.42. The van der Waals surface area contributed by atoms with Crippen molar-refractivity contribution in [2.24, 2.45) is 0 Å². The lowest BCUT2D eigenvalue weighted by Gasteiger charge is -2.18. The topological polar surface area (TPSA) is 46.2 Å². The van der Waals surface area contributed by atoms with Crippen molar-refractivity contribution in [2.45, 2.75) is 37.3 Å². The van der Waals surface area contributed by atoms with Crippen molar-refractivity contribution in [1.82, 2.24) is 5.32 Å². The monoisotopic (exact) mass is 565 g/mol. The van der Waals surface area contributed by atoms with Crippen LogP contribution < -0.4 is 5.32 Å². The quantitative estimate of drug-likeness (QED) is 0.270. The van der Waals surface area contributed by atoms with Gasteiger partial charge in [-0.3, -0.25) is 9.59 Å². The lowest BCUT2D eigenvalue weighted by atomic mass is 9.94. The Labute approximate surface area is 206 Å². The van der Waals surface area contributed by atoms with Gasteiger partial charge in [-0.05, 0) is 29.8 Å². The Morgan fingerprint density at radius 1 is 0.842 bits per heavy atom. The molecule has 0 spiro atoms. The summed E-state index contributed by atoms with van der Waals surface area (Å²) in [5.41, 5.74) is -4.88. The summed E-state index contributed by atoms with van der Waals surface area (Å²) in [7, 11) is 0. The van der Waals surface area contributed by atoms with Gasteiger partial charge in [0.15, 0.2) is 17.4 Å². The normalized spacial score (nSPS) is 13.8. The third-order valence-corrected chi connectivity index (χ3v) is 4.93. The molecule has 0 saturated carbocycles. The first-order chi connectivity index (χ1) is 17.3. The zero-order chi connectivity index (χ0) is 29.1. The molecule has 15 heteroatoms. The summed E-state index contributed by atoms with van der Waals surface area (Å²) in [6, 6.07) is 2.00. The molecule has 0 aliphatic heterocycles. The third-order valence-electron chi connectivity index (χ3n) is 4.93. The molecule has 2 aromatic rings. The molecule has 2 aromatic carbocycles. The standard InChI is InChI=1S/C23H15F12NO2/c24-16-4-2-11(8-18(16)26)14(22(30,31)32)9-17(25)12-1-3-13(15(7-12)23(33,34)35)19(37)5-6-20(38)36-10-21(27,28)29/h1-4,7-9,14H,5-6,10H2,(H,36,38)/b17-9-. The largest absolute Gasteiger partial charge is 0.417 e.